The third-order valence-electron chi connectivity index (χ3n) is 3.50. The fraction of sp³-hybridized carbons (Fsp3) is 0.600. The van der Waals surface area contributed by atoms with Gasteiger partial charge in [-0.25, -0.2) is 0 Å². The van der Waals surface area contributed by atoms with Gasteiger partial charge in [-0.3, -0.25) is 0 Å². The minimum absolute atomic E-state index is 0.703. The van der Waals surface area contributed by atoms with Crippen LogP contribution in [0.5, 0.6) is 0 Å². The summed E-state index contributed by atoms with van der Waals surface area (Å²) in [5.74, 6) is 0.703. The molecule has 0 amide bonds. The maximum atomic E-state index is 5.48. The molecule has 1 N–H and O–H groups in total. The zero-order valence-corrected chi connectivity index (χ0v) is 11.0. The number of rotatable bonds is 4. The fourth-order valence-electron chi connectivity index (χ4n) is 2.42. The second-order valence-electron chi connectivity index (χ2n) is 5.14. The van der Waals surface area contributed by atoms with Crippen molar-refractivity contribution in [1.82, 2.24) is 5.32 Å². The molecule has 0 spiro atoms. The summed E-state index contributed by atoms with van der Waals surface area (Å²) in [6, 6.07) is 6.67. The van der Waals surface area contributed by atoms with Crippen LogP contribution in [0.4, 0.5) is 0 Å². The van der Waals surface area contributed by atoms with E-state index in [1.54, 1.807) is 0 Å². The van der Waals surface area contributed by atoms with Gasteiger partial charge in [-0.1, -0.05) is 23.8 Å². The number of benzene rings is 1. The molecule has 1 atom stereocenters. The minimum atomic E-state index is 0.703. The van der Waals surface area contributed by atoms with E-state index in [4.69, 9.17) is 4.74 Å². The van der Waals surface area contributed by atoms with Crippen LogP contribution in [-0.4, -0.2) is 19.8 Å². The van der Waals surface area contributed by atoms with Gasteiger partial charge in [-0.05, 0) is 43.7 Å². The van der Waals surface area contributed by atoms with E-state index in [0.717, 1.165) is 26.3 Å². The van der Waals surface area contributed by atoms with Crippen molar-refractivity contribution in [2.75, 3.05) is 19.8 Å². The largest absolute Gasteiger partial charge is 0.381 e. The van der Waals surface area contributed by atoms with Crippen molar-refractivity contribution < 1.29 is 4.74 Å². The van der Waals surface area contributed by atoms with Crippen molar-refractivity contribution in [1.29, 1.82) is 0 Å². The molecule has 2 nitrogen and oxygen atoms in total. The minimum Gasteiger partial charge on any atom is -0.381 e. The van der Waals surface area contributed by atoms with Gasteiger partial charge in [0.2, 0.25) is 0 Å². The monoisotopic (exact) mass is 233 g/mol. The smallest absolute Gasteiger partial charge is 0.0506 e. The molecule has 1 aromatic rings. The molecule has 2 heteroatoms. The summed E-state index contributed by atoms with van der Waals surface area (Å²) >= 11 is 0. The van der Waals surface area contributed by atoms with Crippen LogP contribution in [0.25, 0.3) is 0 Å². The van der Waals surface area contributed by atoms with Crippen LogP contribution in [0.15, 0.2) is 18.2 Å². The SMILES string of the molecule is Cc1ccc(CNCC2CCCOC2)c(C)c1. The number of nitrogens with one attached hydrogen (secondary N) is 1. The molecule has 94 valence electrons. The molecular weight excluding hydrogens is 210 g/mol. The van der Waals surface area contributed by atoms with E-state index in [1.165, 1.54) is 29.5 Å². The molecule has 1 aliphatic rings. The van der Waals surface area contributed by atoms with Crippen molar-refractivity contribution in [2.45, 2.75) is 33.2 Å². The van der Waals surface area contributed by atoms with Crippen molar-refractivity contribution in [3.8, 4) is 0 Å². The molecule has 0 aliphatic carbocycles. The highest BCUT2D eigenvalue weighted by Crippen LogP contribution is 2.13. The van der Waals surface area contributed by atoms with Gasteiger partial charge in [0, 0.05) is 19.7 Å². The molecule has 0 bridgehead atoms. The predicted octanol–water partition coefficient (Wildman–Crippen LogP) is 2.82. The molecule has 17 heavy (non-hydrogen) atoms. The molecular formula is C15H23NO. The first-order valence-electron chi connectivity index (χ1n) is 6.60. The van der Waals surface area contributed by atoms with Gasteiger partial charge in [-0.2, -0.15) is 0 Å². The van der Waals surface area contributed by atoms with E-state index < -0.39 is 0 Å². The third-order valence-corrected chi connectivity index (χ3v) is 3.50. The Morgan fingerprint density at radius 2 is 2.24 bits per heavy atom. The second kappa shape index (κ2) is 6.18. The molecule has 0 aromatic heterocycles. The fourth-order valence-corrected chi connectivity index (χ4v) is 2.42. The topological polar surface area (TPSA) is 21.3 Å². The summed E-state index contributed by atoms with van der Waals surface area (Å²) < 4.78 is 5.48. The van der Waals surface area contributed by atoms with E-state index in [-0.39, 0.29) is 0 Å². The highest BCUT2D eigenvalue weighted by Gasteiger charge is 2.13. The number of aryl methyl sites for hydroxylation is 2. The summed E-state index contributed by atoms with van der Waals surface area (Å²) in [5.41, 5.74) is 4.14. The molecule has 0 radical (unpaired) electrons. The Hall–Kier alpha value is -0.860. The van der Waals surface area contributed by atoms with Crippen molar-refractivity contribution in [3.05, 3.63) is 34.9 Å². The lowest BCUT2D eigenvalue weighted by atomic mass is 10.0. The van der Waals surface area contributed by atoms with E-state index >= 15 is 0 Å². The van der Waals surface area contributed by atoms with Crippen molar-refractivity contribution in [3.63, 3.8) is 0 Å². The maximum Gasteiger partial charge on any atom is 0.0506 e. The van der Waals surface area contributed by atoms with Crippen LogP contribution in [-0.2, 0) is 11.3 Å². The zero-order chi connectivity index (χ0) is 12.1. The van der Waals surface area contributed by atoms with Crippen LogP contribution in [0.2, 0.25) is 0 Å². The maximum absolute atomic E-state index is 5.48. The summed E-state index contributed by atoms with van der Waals surface area (Å²) in [5, 5.41) is 3.55. The molecule has 2 rings (SSSR count). The lowest BCUT2D eigenvalue weighted by Gasteiger charge is -2.22. The number of hydrogen-bond acceptors (Lipinski definition) is 2. The van der Waals surface area contributed by atoms with Gasteiger partial charge in [0.05, 0.1) is 6.61 Å². The van der Waals surface area contributed by atoms with Crippen LogP contribution in [0.1, 0.15) is 29.5 Å². The Morgan fingerprint density at radius 3 is 2.94 bits per heavy atom. The Labute approximate surface area is 104 Å². The summed E-state index contributed by atoms with van der Waals surface area (Å²) in [6.45, 7) is 8.26. The molecule has 1 aromatic carbocycles. The van der Waals surface area contributed by atoms with Gasteiger partial charge in [0.15, 0.2) is 0 Å². The first-order valence-corrected chi connectivity index (χ1v) is 6.60. The molecule has 0 saturated carbocycles. The molecule has 1 aliphatic heterocycles. The van der Waals surface area contributed by atoms with Gasteiger partial charge in [0.25, 0.3) is 0 Å². The third kappa shape index (κ3) is 3.83. The van der Waals surface area contributed by atoms with E-state index in [9.17, 15) is 0 Å². The van der Waals surface area contributed by atoms with E-state index in [0.29, 0.717) is 5.92 Å². The van der Waals surface area contributed by atoms with Gasteiger partial charge in [0.1, 0.15) is 0 Å². The Bertz CT molecular complexity index is 356. The quantitative estimate of drug-likeness (QED) is 0.863. The molecule has 1 saturated heterocycles. The Kier molecular flexibility index (Phi) is 4.57. The van der Waals surface area contributed by atoms with Gasteiger partial charge >= 0.3 is 0 Å². The zero-order valence-electron chi connectivity index (χ0n) is 11.0. The molecule has 1 heterocycles. The van der Waals surface area contributed by atoms with Crippen LogP contribution < -0.4 is 5.32 Å². The molecule has 1 unspecified atom stereocenters. The second-order valence-corrected chi connectivity index (χ2v) is 5.14. The highest BCUT2D eigenvalue weighted by molar-refractivity contribution is 5.30. The number of ether oxygens (including phenoxy) is 1. The van der Waals surface area contributed by atoms with E-state index in [2.05, 4.69) is 37.4 Å². The highest BCUT2D eigenvalue weighted by atomic mass is 16.5. The van der Waals surface area contributed by atoms with Crippen molar-refractivity contribution >= 4 is 0 Å². The first kappa shape index (κ1) is 12.6. The average Bonchev–Trinajstić information content (AvgIpc) is 2.33. The first-order chi connectivity index (χ1) is 8.25. The lowest BCUT2D eigenvalue weighted by molar-refractivity contribution is 0.0547. The summed E-state index contributed by atoms with van der Waals surface area (Å²) in [6.07, 6.45) is 2.52. The normalized spacial score (nSPS) is 20.5. The predicted molar refractivity (Wildman–Crippen MR) is 71.2 cm³/mol. The van der Waals surface area contributed by atoms with Crippen LogP contribution in [0, 0.1) is 19.8 Å². The van der Waals surface area contributed by atoms with Crippen LogP contribution >= 0.6 is 0 Å². The average molecular weight is 233 g/mol. The standard InChI is InChI=1S/C15H23NO/c1-12-5-6-15(13(2)8-12)10-16-9-14-4-3-7-17-11-14/h5-6,8,14,16H,3-4,7,9-11H2,1-2H3. The lowest BCUT2D eigenvalue weighted by Crippen LogP contribution is -2.29. The Morgan fingerprint density at radius 1 is 1.35 bits per heavy atom. The Balaban J connectivity index is 1.77. The summed E-state index contributed by atoms with van der Waals surface area (Å²) in [4.78, 5) is 0. The molecule has 1 fully saturated rings. The summed E-state index contributed by atoms with van der Waals surface area (Å²) in [7, 11) is 0. The van der Waals surface area contributed by atoms with Gasteiger partial charge < -0.3 is 10.1 Å². The van der Waals surface area contributed by atoms with Gasteiger partial charge in [-0.15, -0.1) is 0 Å². The van der Waals surface area contributed by atoms with E-state index in [1.807, 2.05) is 0 Å². The number of hydrogen-bond donors (Lipinski definition) is 1. The van der Waals surface area contributed by atoms with Crippen LogP contribution in [0.3, 0.4) is 0 Å². The van der Waals surface area contributed by atoms with Crippen molar-refractivity contribution in [2.24, 2.45) is 5.92 Å².